The Balaban J connectivity index is 1.34. The summed E-state index contributed by atoms with van der Waals surface area (Å²) in [4.78, 5) is 21.4. The Morgan fingerprint density at radius 3 is 2.42 bits per heavy atom. The third-order valence-corrected chi connectivity index (χ3v) is 8.86. The number of carbonyl (C=O) groups excluding carboxylic acids is 1. The van der Waals surface area contributed by atoms with Gasteiger partial charge in [-0.15, -0.1) is 0 Å². The van der Waals surface area contributed by atoms with Crippen molar-refractivity contribution in [3.8, 4) is 17.0 Å². The monoisotopic (exact) mass is 753 g/mol. The fourth-order valence-electron chi connectivity index (χ4n) is 5.95. The molecular weight excluding hydrogens is 705 g/mol. The van der Waals surface area contributed by atoms with Gasteiger partial charge in [-0.3, -0.25) is 0 Å². The van der Waals surface area contributed by atoms with Crippen LogP contribution in [0.3, 0.4) is 0 Å². The van der Waals surface area contributed by atoms with E-state index in [9.17, 15) is 9.18 Å². The van der Waals surface area contributed by atoms with Crippen molar-refractivity contribution in [3.05, 3.63) is 70.9 Å². The number of amidine groups is 1. The van der Waals surface area contributed by atoms with Crippen LogP contribution < -0.4 is 21.1 Å². The normalized spacial score (nSPS) is 16.5. The van der Waals surface area contributed by atoms with Gasteiger partial charge in [0.15, 0.2) is 0 Å². The van der Waals surface area contributed by atoms with Crippen LogP contribution in [-0.2, 0) is 18.9 Å². The zero-order valence-electron chi connectivity index (χ0n) is 30.9. The number of nitrogens with two attached hydrogens (primary N) is 1. The Bertz CT molecular complexity index is 1870. The lowest BCUT2D eigenvalue weighted by molar-refractivity contribution is 0.0176. The van der Waals surface area contributed by atoms with Crippen molar-refractivity contribution in [2.24, 2.45) is 10.7 Å². The Labute approximate surface area is 314 Å². The van der Waals surface area contributed by atoms with Crippen LogP contribution in [0.25, 0.3) is 16.6 Å². The molecule has 3 aromatic heterocycles. The molecule has 1 aromatic carbocycles. The molecule has 1 aliphatic carbocycles. The number of hydrogen-bond donors (Lipinski definition) is 3. The number of aliphatic imine (C=N–C) groups is 1. The van der Waals surface area contributed by atoms with Gasteiger partial charge in [-0.1, -0.05) is 11.6 Å². The number of anilines is 1. The quantitative estimate of drug-likeness (QED) is 0.0629. The van der Waals surface area contributed by atoms with E-state index in [0.717, 1.165) is 53.6 Å². The van der Waals surface area contributed by atoms with E-state index in [2.05, 4.69) is 25.7 Å². The number of fused-ring (bicyclic) bond motifs is 1. The number of carbonyl (C=O) groups is 1. The van der Waals surface area contributed by atoms with E-state index in [1.165, 1.54) is 18.2 Å². The number of benzene rings is 1. The van der Waals surface area contributed by atoms with Crippen LogP contribution in [0.5, 0.6) is 5.88 Å². The molecule has 0 bridgehead atoms. The molecule has 0 radical (unpaired) electrons. The summed E-state index contributed by atoms with van der Waals surface area (Å²) in [5, 5.41) is 11.6. The number of hydrogen-bond acceptors (Lipinski definition) is 10. The number of amides is 1. The summed E-state index contributed by atoms with van der Waals surface area (Å²) < 4.78 is 43.1. The number of pyridine rings is 1. The van der Waals surface area contributed by atoms with Gasteiger partial charge in [-0.05, 0) is 77.1 Å². The first-order chi connectivity index (χ1) is 25.4. The summed E-state index contributed by atoms with van der Waals surface area (Å²) in [5.74, 6) is 0.142. The number of aromatic nitrogens is 3. The number of rotatable bonds is 16. The molecule has 53 heavy (non-hydrogen) atoms. The van der Waals surface area contributed by atoms with Crippen molar-refractivity contribution in [2.75, 3.05) is 52.1 Å². The van der Waals surface area contributed by atoms with Gasteiger partial charge in [0.2, 0.25) is 5.88 Å². The van der Waals surface area contributed by atoms with Crippen LogP contribution in [0.15, 0.2) is 53.9 Å². The van der Waals surface area contributed by atoms with Crippen LogP contribution in [0.4, 0.5) is 20.6 Å². The van der Waals surface area contributed by atoms with Crippen LogP contribution >= 0.6 is 11.6 Å². The van der Waals surface area contributed by atoms with E-state index < -0.39 is 17.5 Å². The summed E-state index contributed by atoms with van der Waals surface area (Å²) in [6.07, 6.45) is 8.01. The summed E-state index contributed by atoms with van der Waals surface area (Å²) in [7, 11) is 1.63. The maximum atomic E-state index is 14.1. The SMILES string of the molecule is COCCOCCOCCOc1cc(C)c(-c2cc3c(NC4CCC(NC(=O)OC(C)(C)C)CC4)c(C(N)=Nc4cc(F)ccc4Cl)cnn3c2)cn1. The second-order valence-corrected chi connectivity index (χ2v) is 14.2. The molecule has 3 heterocycles. The van der Waals surface area contributed by atoms with E-state index >= 15 is 0 Å². The number of methoxy groups -OCH3 is 1. The zero-order chi connectivity index (χ0) is 38.0. The molecule has 15 heteroatoms. The lowest BCUT2D eigenvalue weighted by Crippen LogP contribution is -2.42. The average molecular weight is 754 g/mol. The molecule has 0 atom stereocenters. The summed E-state index contributed by atoms with van der Waals surface area (Å²) >= 11 is 6.34. The third kappa shape index (κ3) is 11.5. The molecule has 1 amide bonds. The first-order valence-electron chi connectivity index (χ1n) is 17.7. The van der Waals surface area contributed by atoms with Gasteiger partial charge < -0.3 is 40.1 Å². The Kier molecular flexibility index (Phi) is 13.9. The molecule has 0 spiro atoms. The van der Waals surface area contributed by atoms with Gasteiger partial charge in [-0.2, -0.15) is 5.10 Å². The maximum Gasteiger partial charge on any atom is 0.407 e. The van der Waals surface area contributed by atoms with Crippen molar-refractivity contribution in [1.29, 1.82) is 0 Å². The predicted molar refractivity (Wildman–Crippen MR) is 203 cm³/mol. The third-order valence-electron chi connectivity index (χ3n) is 8.54. The number of halogens is 2. The van der Waals surface area contributed by atoms with Gasteiger partial charge in [0, 0.05) is 54.8 Å². The number of ether oxygens (including phenoxy) is 5. The largest absolute Gasteiger partial charge is 0.475 e. The van der Waals surface area contributed by atoms with Gasteiger partial charge in [-0.25, -0.2) is 23.7 Å². The number of nitrogens with zero attached hydrogens (tertiary/aromatic N) is 4. The first kappa shape index (κ1) is 39.7. The van der Waals surface area contributed by atoms with Crippen molar-refractivity contribution in [2.45, 2.75) is 71.1 Å². The lowest BCUT2D eigenvalue weighted by atomic mass is 9.91. The van der Waals surface area contributed by atoms with Gasteiger partial charge in [0.25, 0.3) is 0 Å². The van der Waals surface area contributed by atoms with Gasteiger partial charge in [0.05, 0.1) is 66.7 Å². The summed E-state index contributed by atoms with van der Waals surface area (Å²) in [6, 6.07) is 7.91. The number of nitrogens with one attached hydrogen (secondary N) is 2. The molecular formula is C38H49ClFN7O6. The summed E-state index contributed by atoms with van der Waals surface area (Å²) in [6.45, 7) is 10.3. The van der Waals surface area contributed by atoms with Gasteiger partial charge in [0.1, 0.15) is 23.9 Å². The average Bonchev–Trinajstić information content (AvgIpc) is 3.54. The minimum atomic E-state index is -0.570. The Hall–Kier alpha value is -4.50. The van der Waals surface area contributed by atoms with Crippen LogP contribution in [0.1, 0.15) is 57.6 Å². The van der Waals surface area contributed by atoms with E-state index in [1.807, 2.05) is 46.0 Å². The van der Waals surface area contributed by atoms with Crippen molar-refractivity contribution < 1.29 is 32.9 Å². The van der Waals surface area contributed by atoms with Crippen LogP contribution in [0.2, 0.25) is 5.02 Å². The fraction of sp³-hybridized carbons (Fsp3) is 0.474. The lowest BCUT2D eigenvalue weighted by Gasteiger charge is -2.31. The molecule has 1 saturated carbocycles. The molecule has 13 nitrogen and oxygen atoms in total. The highest BCUT2D eigenvalue weighted by molar-refractivity contribution is 6.33. The van der Waals surface area contributed by atoms with Crippen molar-refractivity contribution >= 4 is 40.4 Å². The zero-order valence-corrected chi connectivity index (χ0v) is 31.7. The second kappa shape index (κ2) is 18.5. The van der Waals surface area contributed by atoms with Crippen LogP contribution in [0, 0.1) is 12.7 Å². The molecule has 286 valence electrons. The molecule has 0 unspecified atom stereocenters. The minimum Gasteiger partial charge on any atom is -0.475 e. The van der Waals surface area contributed by atoms with E-state index in [0.29, 0.717) is 51.1 Å². The highest BCUT2D eigenvalue weighted by atomic mass is 35.5. The standard InChI is InChI=1S/C38H49ClFN7O6/c1-24-18-34(52-17-16-51-15-14-50-13-12-49-5)42-21-29(24)25-19-33-35(44-27-7-9-28(10-8-27)45-37(48)53-38(2,3)4)30(22-43-47(33)23-25)36(41)46-32-20-26(40)6-11-31(32)39/h6,11,18-23,27-28,44H,7-10,12-17H2,1-5H3,(H2,41,46)(H,45,48). The first-order valence-corrected chi connectivity index (χ1v) is 18.1. The molecule has 5 rings (SSSR count). The Morgan fingerprint density at radius 1 is 1.02 bits per heavy atom. The topological polar surface area (TPSA) is 156 Å². The van der Waals surface area contributed by atoms with Crippen LogP contribution in [-0.4, -0.2) is 91.0 Å². The molecule has 4 N–H and O–H groups in total. The van der Waals surface area contributed by atoms with Crippen molar-refractivity contribution in [1.82, 2.24) is 19.9 Å². The minimum absolute atomic E-state index is 0.00210. The highest BCUT2D eigenvalue weighted by Gasteiger charge is 2.26. The number of alkyl carbamates (subject to hydrolysis) is 1. The van der Waals surface area contributed by atoms with Gasteiger partial charge >= 0.3 is 6.09 Å². The maximum absolute atomic E-state index is 14.1. The fourth-order valence-corrected chi connectivity index (χ4v) is 6.11. The smallest absolute Gasteiger partial charge is 0.407 e. The molecule has 0 saturated heterocycles. The molecule has 1 fully saturated rings. The van der Waals surface area contributed by atoms with E-state index in [1.54, 1.807) is 24.0 Å². The molecule has 1 aliphatic rings. The van der Waals surface area contributed by atoms with Crippen molar-refractivity contribution in [3.63, 3.8) is 0 Å². The number of aryl methyl sites for hydroxylation is 1. The summed E-state index contributed by atoms with van der Waals surface area (Å²) in [5.41, 5.74) is 11.0. The Morgan fingerprint density at radius 2 is 1.72 bits per heavy atom. The predicted octanol–water partition coefficient (Wildman–Crippen LogP) is 6.84. The molecule has 0 aliphatic heterocycles. The van der Waals surface area contributed by atoms with E-state index in [4.69, 9.17) is 41.0 Å². The molecule has 4 aromatic rings. The van der Waals surface area contributed by atoms with E-state index in [-0.39, 0.29) is 28.6 Å². The highest BCUT2D eigenvalue weighted by Crippen LogP contribution is 2.34. The second-order valence-electron chi connectivity index (χ2n) is 13.8.